The highest BCUT2D eigenvalue weighted by Crippen LogP contribution is 2.33. The van der Waals surface area contributed by atoms with E-state index in [1.165, 1.54) is 0 Å². The Morgan fingerprint density at radius 1 is 1.27 bits per heavy atom. The molecule has 2 aliphatic rings. The SMILES string of the molecule is CC(C)C(=O)CCc1ccc2n1[B-](F)(F)[N+]1=C(c3ccc[nH]3)C=CC1=C2. The second-order valence-corrected chi connectivity index (χ2v) is 7.07. The number of hydrogen-bond acceptors (Lipinski definition) is 1. The molecular formula is C19H20BF2N3O. The van der Waals surface area contributed by atoms with Gasteiger partial charge in [-0.1, -0.05) is 13.8 Å². The summed E-state index contributed by atoms with van der Waals surface area (Å²) in [6.07, 6.45) is 7.49. The summed E-state index contributed by atoms with van der Waals surface area (Å²) in [5, 5.41) is 0. The summed E-state index contributed by atoms with van der Waals surface area (Å²) in [5.74, 6) is 0.00351. The van der Waals surface area contributed by atoms with Gasteiger partial charge < -0.3 is 22.6 Å². The summed E-state index contributed by atoms with van der Waals surface area (Å²) < 4.78 is 33.3. The molecule has 0 bridgehead atoms. The normalized spacial score (nSPS) is 17.5. The third kappa shape index (κ3) is 2.50. The summed E-state index contributed by atoms with van der Waals surface area (Å²) in [5.41, 5.74) is 2.56. The zero-order valence-corrected chi connectivity index (χ0v) is 14.7. The first-order valence-electron chi connectivity index (χ1n) is 8.84. The number of H-pyrrole nitrogens is 1. The van der Waals surface area contributed by atoms with E-state index in [-0.39, 0.29) is 18.1 Å². The number of hydrogen-bond donors (Lipinski definition) is 1. The zero-order valence-electron chi connectivity index (χ0n) is 14.7. The molecule has 0 unspecified atom stereocenters. The van der Waals surface area contributed by atoms with E-state index in [1.807, 2.05) is 13.8 Å². The number of ketones is 1. The molecule has 0 radical (unpaired) electrons. The number of Topliss-reactive ketones (excluding diaryl/α,β-unsaturated/α-hetero) is 1. The van der Waals surface area contributed by atoms with Gasteiger partial charge in [0.15, 0.2) is 11.4 Å². The maximum atomic E-state index is 15.5. The average Bonchev–Trinajstić information content (AvgIpc) is 3.31. The van der Waals surface area contributed by atoms with Crippen LogP contribution < -0.4 is 0 Å². The van der Waals surface area contributed by atoms with Crippen LogP contribution in [-0.4, -0.2) is 32.4 Å². The lowest BCUT2D eigenvalue weighted by Crippen LogP contribution is -2.51. The van der Waals surface area contributed by atoms with Crippen LogP contribution >= 0.6 is 0 Å². The van der Waals surface area contributed by atoms with E-state index in [1.54, 1.807) is 48.7 Å². The van der Waals surface area contributed by atoms with Crippen molar-refractivity contribution in [1.82, 2.24) is 9.46 Å². The molecule has 7 heteroatoms. The van der Waals surface area contributed by atoms with E-state index in [9.17, 15) is 4.79 Å². The van der Waals surface area contributed by atoms with Crippen molar-refractivity contribution in [2.45, 2.75) is 26.7 Å². The third-order valence-corrected chi connectivity index (χ3v) is 5.05. The summed E-state index contributed by atoms with van der Waals surface area (Å²) in [6.45, 7) is -0.376. The predicted octanol–water partition coefficient (Wildman–Crippen LogP) is 3.62. The Morgan fingerprint density at radius 3 is 2.77 bits per heavy atom. The summed E-state index contributed by atoms with van der Waals surface area (Å²) in [6, 6.07) is 6.98. The number of carbonyl (C=O) groups is 1. The Balaban J connectivity index is 1.76. The highest BCUT2D eigenvalue weighted by molar-refractivity contribution is 6.58. The molecule has 0 spiro atoms. The van der Waals surface area contributed by atoms with E-state index < -0.39 is 6.97 Å². The molecule has 1 N–H and O–H groups in total. The molecule has 2 aromatic rings. The number of rotatable bonds is 5. The molecule has 0 fully saturated rings. The van der Waals surface area contributed by atoms with E-state index >= 15 is 8.63 Å². The molecule has 0 aromatic carbocycles. The van der Waals surface area contributed by atoms with Crippen LogP contribution in [0, 0.1) is 5.92 Å². The largest absolute Gasteiger partial charge is 0.737 e. The van der Waals surface area contributed by atoms with Gasteiger partial charge in [0.1, 0.15) is 11.5 Å². The van der Waals surface area contributed by atoms with Gasteiger partial charge >= 0.3 is 6.97 Å². The van der Waals surface area contributed by atoms with Gasteiger partial charge in [0.2, 0.25) is 0 Å². The number of allylic oxidation sites excluding steroid dienone is 2. The third-order valence-electron chi connectivity index (χ3n) is 5.05. The standard InChI is InChI=1S/C19H20BF2N3O/c1-13(2)19(26)10-8-14-5-6-15-12-16-7-9-18(17-4-3-11-23-17)25(16)20(21,22)24(14)15/h3-7,9,11-13,23H,8,10H2,1-2H3. The van der Waals surface area contributed by atoms with Crippen LogP contribution in [0.25, 0.3) is 6.08 Å². The van der Waals surface area contributed by atoms with Crippen molar-refractivity contribution in [2.24, 2.45) is 5.92 Å². The fraction of sp³-hybridized carbons (Fsp3) is 0.263. The molecule has 26 heavy (non-hydrogen) atoms. The van der Waals surface area contributed by atoms with Gasteiger partial charge in [-0.05, 0) is 36.4 Å². The van der Waals surface area contributed by atoms with Crippen LogP contribution in [0.1, 0.15) is 37.4 Å². The first-order valence-corrected chi connectivity index (χ1v) is 8.84. The first-order chi connectivity index (χ1) is 12.4. The smallest absolute Gasteiger partial charge is 0.394 e. The number of aromatic nitrogens is 2. The highest BCUT2D eigenvalue weighted by Gasteiger charge is 2.52. The maximum absolute atomic E-state index is 15.5. The molecule has 2 aliphatic heterocycles. The van der Waals surface area contributed by atoms with Crippen molar-refractivity contribution < 1.29 is 17.9 Å². The van der Waals surface area contributed by atoms with Crippen LogP contribution in [0.3, 0.4) is 0 Å². The van der Waals surface area contributed by atoms with Crippen LogP contribution in [0.15, 0.2) is 48.3 Å². The number of aromatic amines is 1. The van der Waals surface area contributed by atoms with Gasteiger partial charge in [-0.2, -0.15) is 0 Å². The second kappa shape index (κ2) is 5.93. The highest BCUT2D eigenvalue weighted by atomic mass is 19.2. The van der Waals surface area contributed by atoms with Crippen molar-refractivity contribution in [3.63, 3.8) is 0 Å². The topological polar surface area (TPSA) is 40.8 Å². The number of nitrogens with one attached hydrogen (secondary N) is 1. The van der Waals surface area contributed by atoms with E-state index in [0.29, 0.717) is 34.9 Å². The van der Waals surface area contributed by atoms with Gasteiger partial charge in [-0.3, -0.25) is 4.79 Å². The quantitative estimate of drug-likeness (QED) is 0.818. The Bertz CT molecular complexity index is 965. The van der Waals surface area contributed by atoms with Crippen LogP contribution in [-0.2, 0) is 11.2 Å². The van der Waals surface area contributed by atoms with E-state index in [2.05, 4.69) is 4.98 Å². The van der Waals surface area contributed by atoms with Gasteiger partial charge in [0.25, 0.3) is 0 Å². The molecule has 4 nitrogen and oxygen atoms in total. The summed E-state index contributed by atoms with van der Waals surface area (Å²) in [7, 11) is 0. The Morgan fingerprint density at radius 2 is 2.08 bits per heavy atom. The van der Waals surface area contributed by atoms with Crippen LogP contribution in [0.2, 0.25) is 0 Å². The molecule has 0 saturated heterocycles. The average molecular weight is 355 g/mol. The summed E-state index contributed by atoms with van der Waals surface area (Å²) >= 11 is 0. The number of fused-ring (bicyclic) bond motifs is 2. The Kier molecular flexibility index (Phi) is 3.82. The fourth-order valence-corrected chi connectivity index (χ4v) is 3.65. The van der Waals surface area contributed by atoms with E-state index in [0.717, 1.165) is 8.96 Å². The predicted molar refractivity (Wildman–Crippen MR) is 98.2 cm³/mol. The van der Waals surface area contributed by atoms with Gasteiger partial charge in [-0.15, -0.1) is 0 Å². The van der Waals surface area contributed by atoms with Crippen molar-refractivity contribution in [1.29, 1.82) is 0 Å². The van der Waals surface area contributed by atoms with Gasteiger partial charge in [0.05, 0.1) is 0 Å². The molecule has 0 amide bonds. The minimum absolute atomic E-state index is 0.0843. The molecular weight excluding hydrogens is 335 g/mol. The molecule has 0 atom stereocenters. The van der Waals surface area contributed by atoms with Gasteiger partial charge in [0, 0.05) is 42.5 Å². The number of carbonyl (C=O) groups excluding carboxylic acids is 1. The number of nitrogens with zero attached hydrogens (tertiary/aromatic N) is 2. The van der Waals surface area contributed by atoms with Gasteiger partial charge in [-0.25, -0.2) is 0 Å². The van der Waals surface area contributed by atoms with Crippen molar-refractivity contribution in [2.75, 3.05) is 0 Å². The first kappa shape index (κ1) is 16.8. The van der Waals surface area contributed by atoms with E-state index in [4.69, 9.17) is 0 Å². The Labute approximate surface area is 150 Å². The molecule has 0 aliphatic carbocycles. The molecule has 2 aromatic heterocycles. The van der Waals surface area contributed by atoms with Crippen LogP contribution in [0.5, 0.6) is 0 Å². The molecule has 4 heterocycles. The van der Waals surface area contributed by atoms with Crippen molar-refractivity contribution in [3.8, 4) is 0 Å². The lowest BCUT2D eigenvalue weighted by Gasteiger charge is -2.30. The Hall–Kier alpha value is -2.70. The van der Waals surface area contributed by atoms with Crippen LogP contribution in [0.4, 0.5) is 8.63 Å². The molecule has 134 valence electrons. The number of aryl methyl sites for hydroxylation is 1. The molecule has 0 saturated carbocycles. The lowest BCUT2D eigenvalue weighted by atomic mass is 9.90. The monoisotopic (exact) mass is 355 g/mol. The second-order valence-electron chi connectivity index (χ2n) is 7.07. The minimum Gasteiger partial charge on any atom is -0.394 e. The number of halogens is 2. The summed E-state index contributed by atoms with van der Waals surface area (Å²) in [4.78, 5) is 14.9. The zero-order chi connectivity index (χ0) is 18.5. The minimum atomic E-state index is -4.04. The fourth-order valence-electron chi connectivity index (χ4n) is 3.65. The van der Waals surface area contributed by atoms with Crippen molar-refractivity contribution >= 4 is 24.5 Å². The molecule has 4 rings (SSSR count). The maximum Gasteiger partial charge on any atom is 0.737 e. The van der Waals surface area contributed by atoms with Crippen molar-refractivity contribution in [3.05, 3.63) is 65.4 Å². The lowest BCUT2D eigenvalue weighted by molar-refractivity contribution is -0.360.